The van der Waals surface area contributed by atoms with E-state index in [1.165, 1.54) is 19.3 Å². The summed E-state index contributed by atoms with van der Waals surface area (Å²) in [5.41, 5.74) is 2.49. The third-order valence-corrected chi connectivity index (χ3v) is 10.1. The number of anilines is 1. The first-order chi connectivity index (χ1) is 20.0. The summed E-state index contributed by atoms with van der Waals surface area (Å²) in [4.78, 5) is 41.2. The van der Waals surface area contributed by atoms with E-state index in [9.17, 15) is 24.6 Å². The minimum Gasteiger partial charge on any atom is -0.494 e. The molecule has 4 atom stereocenters. The van der Waals surface area contributed by atoms with Crippen molar-refractivity contribution in [3.05, 3.63) is 57.6 Å². The molecule has 42 heavy (non-hydrogen) atoms. The van der Waals surface area contributed by atoms with Crippen LogP contribution in [-0.4, -0.2) is 82.7 Å². The van der Waals surface area contributed by atoms with Gasteiger partial charge in [-0.3, -0.25) is 9.69 Å². The smallest absolute Gasteiger partial charge is 0.339 e. The van der Waals surface area contributed by atoms with Crippen LogP contribution in [0.5, 0.6) is 5.75 Å². The lowest BCUT2D eigenvalue weighted by atomic mass is 9.79. The Morgan fingerprint density at radius 1 is 1.12 bits per heavy atom. The van der Waals surface area contributed by atoms with Crippen molar-refractivity contribution in [2.75, 3.05) is 38.3 Å². The quantitative estimate of drug-likeness (QED) is 0.400. The Bertz CT molecular complexity index is 1590. The number of carbonyl (C=O) groups excluding carboxylic acids is 1. The highest BCUT2D eigenvalue weighted by molar-refractivity contribution is 6.25. The van der Waals surface area contributed by atoms with Crippen LogP contribution in [0, 0.1) is 17.7 Å². The van der Waals surface area contributed by atoms with E-state index in [4.69, 9.17) is 9.84 Å². The number of carboxylic acids is 2. The number of methoxy groups -OCH3 is 1. The van der Waals surface area contributed by atoms with Crippen molar-refractivity contribution >= 4 is 29.2 Å². The SMILES string of the molecule is COc1c2c(cc(F)c1N1C[C@@H]3CCC[N+]4(CN5C(C)=CC(C)=C(C(=O)O)C5=N4)[C@@H]3C1)C(=O)C(C(=O)O)=CC2C1CC1. The molecule has 3 fully saturated rings. The molecule has 1 aromatic rings. The third kappa shape index (κ3) is 3.78. The Labute approximate surface area is 242 Å². The number of carbonyl (C=O) groups is 3. The predicted octanol–water partition coefficient (Wildman–Crippen LogP) is 3.86. The number of rotatable bonds is 5. The normalized spacial score (nSPS) is 30.0. The number of fused-ring (bicyclic) bond motifs is 4. The summed E-state index contributed by atoms with van der Waals surface area (Å²) in [5, 5.41) is 24.8. The first kappa shape index (κ1) is 26.9. The van der Waals surface area contributed by atoms with E-state index in [-0.39, 0.29) is 40.5 Å². The molecule has 0 bridgehead atoms. The molecule has 11 heteroatoms. The lowest BCUT2D eigenvalue weighted by Crippen LogP contribution is -2.58. The number of piperidine rings is 1. The minimum absolute atomic E-state index is 0.0134. The molecular formula is C31H34FN4O6+. The molecule has 2 N–H and O–H groups in total. The Morgan fingerprint density at radius 3 is 2.55 bits per heavy atom. The van der Waals surface area contributed by atoms with Crippen LogP contribution in [-0.2, 0) is 9.59 Å². The Kier molecular flexibility index (Phi) is 5.92. The molecule has 220 valence electrons. The summed E-state index contributed by atoms with van der Waals surface area (Å²) in [6.45, 7) is 6.13. The number of halogens is 1. The number of ether oxygens (including phenoxy) is 1. The van der Waals surface area contributed by atoms with Crippen molar-refractivity contribution < 1.29 is 38.3 Å². The zero-order valence-corrected chi connectivity index (χ0v) is 23.9. The molecule has 4 heterocycles. The second-order valence-electron chi connectivity index (χ2n) is 12.5. The largest absolute Gasteiger partial charge is 0.494 e. The maximum absolute atomic E-state index is 16.1. The first-order valence-electron chi connectivity index (χ1n) is 14.6. The molecule has 1 aromatic carbocycles. The highest BCUT2D eigenvalue weighted by Crippen LogP contribution is 2.54. The molecule has 2 aliphatic carbocycles. The van der Waals surface area contributed by atoms with Crippen LogP contribution in [0.1, 0.15) is 61.4 Å². The molecule has 1 saturated carbocycles. The van der Waals surface area contributed by atoms with Crippen LogP contribution in [0.4, 0.5) is 10.1 Å². The number of quaternary nitrogens is 1. The summed E-state index contributed by atoms with van der Waals surface area (Å²) in [7, 11) is 1.47. The molecule has 2 unspecified atom stereocenters. The molecule has 2 saturated heterocycles. The van der Waals surface area contributed by atoms with Gasteiger partial charge in [-0.2, -0.15) is 4.59 Å². The summed E-state index contributed by atoms with van der Waals surface area (Å²) in [6.07, 6.45) is 7.09. The topological polar surface area (TPSA) is 120 Å². The van der Waals surface area contributed by atoms with E-state index in [2.05, 4.69) is 0 Å². The van der Waals surface area contributed by atoms with Crippen LogP contribution >= 0.6 is 0 Å². The fourth-order valence-corrected chi connectivity index (χ4v) is 8.04. The van der Waals surface area contributed by atoms with Crippen LogP contribution in [0.3, 0.4) is 0 Å². The summed E-state index contributed by atoms with van der Waals surface area (Å²) < 4.78 is 22.3. The predicted molar refractivity (Wildman–Crippen MR) is 151 cm³/mol. The number of nitrogens with zero attached hydrogens (tertiary/aromatic N) is 4. The molecular weight excluding hydrogens is 543 g/mol. The number of Topliss-reactive ketones (excluding diaryl/α,β-unsaturated/α-hetero) is 1. The molecule has 1 spiro atoms. The lowest BCUT2D eigenvalue weighted by Gasteiger charge is -2.41. The van der Waals surface area contributed by atoms with Crippen LogP contribution in [0.15, 0.2) is 45.7 Å². The molecule has 6 aliphatic rings. The van der Waals surface area contributed by atoms with Crippen molar-refractivity contribution in [3.8, 4) is 5.75 Å². The first-order valence-corrected chi connectivity index (χ1v) is 14.6. The third-order valence-electron chi connectivity index (χ3n) is 10.1. The molecule has 4 aliphatic heterocycles. The highest BCUT2D eigenvalue weighted by Gasteiger charge is 2.57. The van der Waals surface area contributed by atoms with Crippen molar-refractivity contribution in [2.24, 2.45) is 16.9 Å². The van der Waals surface area contributed by atoms with Gasteiger partial charge in [0, 0.05) is 35.2 Å². The zero-order chi connectivity index (χ0) is 29.7. The van der Waals surface area contributed by atoms with E-state index < -0.39 is 23.5 Å². The number of hydrogen-bond donors (Lipinski definition) is 2. The average molecular weight is 578 g/mol. The van der Waals surface area contributed by atoms with E-state index >= 15 is 4.39 Å². The van der Waals surface area contributed by atoms with Crippen LogP contribution in [0.2, 0.25) is 0 Å². The van der Waals surface area contributed by atoms with Gasteiger partial charge in [0.1, 0.15) is 35.2 Å². The minimum atomic E-state index is -1.30. The van der Waals surface area contributed by atoms with Gasteiger partial charge in [0.05, 0.1) is 13.7 Å². The number of carboxylic acid groups (broad SMARTS) is 2. The number of aliphatic carboxylic acids is 2. The zero-order valence-electron chi connectivity index (χ0n) is 23.9. The van der Waals surface area contributed by atoms with E-state index in [1.807, 2.05) is 22.8 Å². The van der Waals surface area contributed by atoms with Gasteiger partial charge in [-0.25, -0.2) is 14.0 Å². The highest BCUT2D eigenvalue weighted by atomic mass is 19.1. The summed E-state index contributed by atoms with van der Waals surface area (Å²) in [5.74, 6) is -2.76. The van der Waals surface area contributed by atoms with E-state index in [1.54, 1.807) is 6.92 Å². The number of ketones is 1. The maximum atomic E-state index is 16.1. The van der Waals surface area contributed by atoms with Gasteiger partial charge in [-0.1, -0.05) is 11.2 Å². The second kappa shape index (κ2) is 9.26. The molecule has 7 rings (SSSR count). The Morgan fingerprint density at radius 2 is 1.88 bits per heavy atom. The molecule has 0 radical (unpaired) electrons. The van der Waals surface area contributed by atoms with Gasteiger partial charge in [0.15, 0.2) is 12.5 Å². The molecule has 0 aromatic heterocycles. The van der Waals surface area contributed by atoms with Crippen LogP contribution < -0.4 is 9.64 Å². The Hall–Kier alpha value is -3.99. The molecule has 10 nitrogen and oxygen atoms in total. The standard InChI is InChI=1S/C31H33FN4O6/c1-15-9-16(2)35-14-36(33-29(35)24(15)31(40)41)8-4-5-18-12-34(13-23(18)36)26-22(32)11-20-25(28(26)42-3)19(17-6-7-17)10-21(27(20)37)30(38)39/h9-11,17-19,23H,4-8,12-14H2,1-3H3,(H-,38,39,40,41)/p+1/t18-,19?,23+,36?/m0/s1. The second-order valence-corrected chi connectivity index (χ2v) is 12.5. The van der Waals surface area contributed by atoms with Gasteiger partial charge >= 0.3 is 11.9 Å². The molecule has 0 amide bonds. The fourth-order valence-electron chi connectivity index (χ4n) is 8.04. The fraction of sp³-hybridized carbons (Fsp3) is 0.484. The van der Waals surface area contributed by atoms with Gasteiger partial charge in [-0.15, -0.1) is 0 Å². The summed E-state index contributed by atoms with van der Waals surface area (Å²) >= 11 is 0. The van der Waals surface area contributed by atoms with Gasteiger partial charge in [-0.05, 0) is 63.2 Å². The van der Waals surface area contributed by atoms with Crippen molar-refractivity contribution in [2.45, 2.75) is 51.5 Å². The van der Waals surface area contributed by atoms with E-state index in [0.29, 0.717) is 52.8 Å². The number of allylic oxidation sites excluding steroid dienone is 4. The average Bonchev–Trinajstić information content (AvgIpc) is 3.57. The number of benzene rings is 1. The number of amidine groups is 1. The van der Waals surface area contributed by atoms with Crippen LogP contribution in [0.25, 0.3) is 0 Å². The van der Waals surface area contributed by atoms with Gasteiger partial charge in [0.25, 0.3) is 0 Å². The van der Waals surface area contributed by atoms with Crippen molar-refractivity contribution in [3.63, 3.8) is 0 Å². The summed E-state index contributed by atoms with van der Waals surface area (Å²) in [6, 6.07) is 1.21. The van der Waals surface area contributed by atoms with Gasteiger partial charge < -0.3 is 19.8 Å². The van der Waals surface area contributed by atoms with Crippen molar-refractivity contribution in [1.82, 2.24) is 4.90 Å². The number of hydrogen-bond acceptors (Lipinski definition) is 7. The van der Waals surface area contributed by atoms with Gasteiger partial charge in [0.2, 0.25) is 11.6 Å². The Balaban J connectivity index is 1.29. The van der Waals surface area contributed by atoms with Crippen molar-refractivity contribution in [1.29, 1.82) is 0 Å². The lowest BCUT2D eigenvalue weighted by molar-refractivity contribution is -0.963. The van der Waals surface area contributed by atoms with E-state index in [0.717, 1.165) is 37.9 Å². The monoisotopic (exact) mass is 577 g/mol. The maximum Gasteiger partial charge on any atom is 0.339 e.